The molecule has 8 nitrogen and oxygen atoms in total. The van der Waals surface area contributed by atoms with Crippen molar-refractivity contribution in [1.82, 2.24) is 10.6 Å². The van der Waals surface area contributed by atoms with Crippen molar-refractivity contribution in [1.29, 1.82) is 0 Å². The zero-order valence-corrected chi connectivity index (χ0v) is 27.8. The van der Waals surface area contributed by atoms with Crippen LogP contribution in [0.2, 0.25) is 0 Å². The van der Waals surface area contributed by atoms with E-state index in [0.717, 1.165) is 27.3 Å². The van der Waals surface area contributed by atoms with E-state index in [1.54, 1.807) is 34.9 Å². The molecule has 0 unspecified atom stereocenters. The maximum Gasteiger partial charge on any atom is 0.336 e. The Morgan fingerprint density at radius 1 is 0.936 bits per heavy atom. The molecule has 3 N–H and O–H groups in total. The minimum absolute atomic E-state index is 0.0505. The van der Waals surface area contributed by atoms with Crippen LogP contribution in [-0.2, 0) is 27.5 Å². The Morgan fingerprint density at radius 3 is 2.36 bits per heavy atom. The number of nitrogens with zero attached hydrogens (tertiary/aromatic N) is 1. The summed E-state index contributed by atoms with van der Waals surface area (Å²) in [5, 5.41) is 16.1. The molecule has 1 heterocycles. The number of para-hydroxylation sites is 1. The molecule has 5 rings (SSSR count). The van der Waals surface area contributed by atoms with Gasteiger partial charge in [0.1, 0.15) is 6.04 Å². The summed E-state index contributed by atoms with van der Waals surface area (Å²) in [6.45, 7) is 7.35. The number of nitrogens with one attached hydrogen (secondary N) is 2. The van der Waals surface area contributed by atoms with Crippen molar-refractivity contribution in [3.05, 3.63) is 120 Å². The van der Waals surface area contributed by atoms with Crippen molar-refractivity contribution >= 4 is 35.2 Å². The molecule has 4 aromatic carbocycles. The van der Waals surface area contributed by atoms with E-state index in [2.05, 4.69) is 10.6 Å². The number of hydrogen-bond donors (Lipinski definition) is 3. The van der Waals surface area contributed by atoms with E-state index in [-0.39, 0.29) is 29.9 Å². The van der Waals surface area contributed by atoms with Gasteiger partial charge >= 0.3 is 5.97 Å². The third-order valence-corrected chi connectivity index (χ3v) is 9.23. The summed E-state index contributed by atoms with van der Waals surface area (Å²) in [6.07, 6.45) is 0.143. The van der Waals surface area contributed by atoms with Crippen molar-refractivity contribution in [2.24, 2.45) is 0 Å². The fourth-order valence-electron chi connectivity index (χ4n) is 5.51. The Hall–Kier alpha value is -4.44. The van der Waals surface area contributed by atoms with E-state index in [4.69, 9.17) is 4.74 Å². The monoisotopic (exact) mass is 651 g/mol. The van der Waals surface area contributed by atoms with Gasteiger partial charge in [0.15, 0.2) is 0 Å². The van der Waals surface area contributed by atoms with Crippen LogP contribution in [0.5, 0.6) is 0 Å². The molecule has 0 bridgehead atoms. The predicted molar refractivity (Wildman–Crippen MR) is 187 cm³/mol. The van der Waals surface area contributed by atoms with E-state index < -0.39 is 17.6 Å². The van der Waals surface area contributed by atoms with E-state index in [9.17, 15) is 19.5 Å². The minimum atomic E-state index is -0.983. The van der Waals surface area contributed by atoms with E-state index >= 15 is 0 Å². The highest BCUT2D eigenvalue weighted by Crippen LogP contribution is 2.35. The largest absolute Gasteiger partial charge is 0.478 e. The number of carbonyl (C=O) groups excluding carboxylic acids is 2. The number of thioether (sulfide) groups is 1. The summed E-state index contributed by atoms with van der Waals surface area (Å²) < 4.78 is 5.97. The van der Waals surface area contributed by atoms with Gasteiger partial charge < -0.3 is 25.4 Å². The summed E-state index contributed by atoms with van der Waals surface area (Å²) in [6, 6.07) is 31.5. The molecule has 0 aliphatic carbocycles. The Bertz CT molecular complexity index is 1690. The lowest BCUT2D eigenvalue weighted by molar-refractivity contribution is -0.128. The number of fused-ring (bicyclic) bond motifs is 1. The smallest absolute Gasteiger partial charge is 0.336 e. The van der Waals surface area contributed by atoms with Gasteiger partial charge in [0.2, 0.25) is 5.91 Å². The summed E-state index contributed by atoms with van der Waals surface area (Å²) in [4.78, 5) is 41.8. The van der Waals surface area contributed by atoms with Crippen molar-refractivity contribution < 1.29 is 24.2 Å². The zero-order chi connectivity index (χ0) is 33.4. The van der Waals surface area contributed by atoms with Gasteiger partial charge in [-0.2, -0.15) is 0 Å². The lowest BCUT2D eigenvalue weighted by Gasteiger charge is -2.29. The summed E-state index contributed by atoms with van der Waals surface area (Å²) in [5.41, 5.74) is 3.92. The molecule has 0 saturated carbocycles. The van der Waals surface area contributed by atoms with Gasteiger partial charge in [-0.3, -0.25) is 9.59 Å². The third kappa shape index (κ3) is 9.10. The van der Waals surface area contributed by atoms with Crippen LogP contribution in [0.1, 0.15) is 48.7 Å². The fraction of sp³-hybridized carbons (Fsp3) is 0.289. The standard InChI is InChI=1S/C38H41N3O5S/c1-26(46-24-28-11-5-4-6-12-28)22-39-38(2,3)21-35(42)40-32-25-47-34-16-10-9-15-33(34)41(36(32)43)23-27-17-19-29(20-18-27)30-13-7-8-14-31(30)37(44)45/h4-20,26,32,39H,21-25H2,1-3H3,(H,40,42)(H,44,45)/t26-,32-/m1/s1. The molecular formula is C38H41N3O5S. The molecule has 244 valence electrons. The number of aromatic carboxylic acids is 1. The number of carboxylic acids is 1. The van der Waals surface area contributed by atoms with Crippen LogP contribution in [-0.4, -0.2) is 52.9 Å². The normalized spacial score (nSPS) is 15.4. The van der Waals surface area contributed by atoms with E-state index in [1.807, 2.05) is 106 Å². The van der Waals surface area contributed by atoms with Crippen molar-refractivity contribution in [2.75, 3.05) is 17.2 Å². The number of carbonyl (C=O) groups is 3. The molecule has 0 aromatic heterocycles. The first-order valence-corrected chi connectivity index (χ1v) is 16.7. The number of ether oxygens (including phenoxy) is 1. The Labute approximate surface area is 280 Å². The number of carboxylic acid groups (broad SMARTS) is 1. The average molecular weight is 652 g/mol. The molecule has 0 radical (unpaired) electrons. The molecule has 0 saturated heterocycles. The average Bonchev–Trinajstić information content (AvgIpc) is 3.19. The fourth-order valence-corrected chi connectivity index (χ4v) is 6.59. The van der Waals surface area contributed by atoms with Crippen molar-refractivity contribution in [3.63, 3.8) is 0 Å². The number of rotatable bonds is 13. The predicted octanol–water partition coefficient (Wildman–Crippen LogP) is 6.54. The lowest BCUT2D eigenvalue weighted by atomic mass is 9.98. The number of amides is 2. The highest BCUT2D eigenvalue weighted by Gasteiger charge is 2.33. The van der Waals surface area contributed by atoms with Crippen LogP contribution < -0.4 is 15.5 Å². The zero-order valence-electron chi connectivity index (χ0n) is 26.9. The van der Waals surface area contributed by atoms with Crippen molar-refractivity contribution in [3.8, 4) is 11.1 Å². The Kier molecular flexibility index (Phi) is 11.1. The number of benzene rings is 4. The highest BCUT2D eigenvalue weighted by atomic mass is 32.2. The van der Waals surface area contributed by atoms with Gasteiger partial charge in [-0.15, -0.1) is 11.8 Å². The minimum Gasteiger partial charge on any atom is -0.478 e. The van der Waals surface area contributed by atoms with Gasteiger partial charge in [0, 0.05) is 29.2 Å². The second kappa shape index (κ2) is 15.4. The Morgan fingerprint density at radius 2 is 1.62 bits per heavy atom. The number of hydrogen-bond acceptors (Lipinski definition) is 6. The van der Waals surface area contributed by atoms with E-state index in [0.29, 0.717) is 31.0 Å². The third-order valence-electron chi connectivity index (χ3n) is 8.07. The number of anilines is 1. The molecule has 1 aliphatic rings. The molecule has 4 aromatic rings. The second-order valence-corrected chi connectivity index (χ2v) is 13.5. The first-order valence-electron chi connectivity index (χ1n) is 15.7. The van der Waals surface area contributed by atoms with Crippen LogP contribution in [0.25, 0.3) is 11.1 Å². The quantitative estimate of drug-likeness (QED) is 0.151. The molecule has 47 heavy (non-hydrogen) atoms. The van der Waals surface area contributed by atoms with Gasteiger partial charge in [-0.25, -0.2) is 4.79 Å². The maximum absolute atomic E-state index is 14.0. The molecule has 0 fully saturated rings. The molecular weight excluding hydrogens is 611 g/mol. The van der Waals surface area contributed by atoms with Crippen LogP contribution >= 0.6 is 11.8 Å². The highest BCUT2D eigenvalue weighted by molar-refractivity contribution is 7.99. The Balaban J connectivity index is 1.22. The molecule has 9 heteroatoms. The van der Waals surface area contributed by atoms with Gasteiger partial charge in [0.05, 0.1) is 30.5 Å². The van der Waals surface area contributed by atoms with Crippen LogP contribution in [0.4, 0.5) is 5.69 Å². The molecule has 2 amide bonds. The first-order chi connectivity index (χ1) is 22.6. The summed E-state index contributed by atoms with van der Waals surface area (Å²) in [7, 11) is 0. The summed E-state index contributed by atoms with van der Waals surface area (Å²) in [5.74, 6) is -0.943. The van der Waals surface area contributed by atoms with Gasteiger partial charge in [-0.1, -0.05) is 84.9 Å². The van der Waals surface area contributed by atoms with Gasteiger partial charge in [-0.05, 0) is 61.2 Å². The SMILES string of the molecule is C[C@H](CNC(C)(C)CC(=O)N[C@@H]1CSc2ccccc2N(Cc2ccc(-c3ccccc3C(=O)O)cc2)C1=O)OCc1ccccc1. The topological polar surface area (TPSA) is 108 Å². The van der Waals surface area contributed by atoms with E-state index in [1.165, 1.54) is 0 Å². The first kappa shape index (κ1) is 33.9. The molecule has 2 atom stereocenters. The molecule has 1 aliphatic heterocycles. The van der Waals surface area contributed by atoms with Gasteiger partial charge in [0.25, 0.3) is 5.91 Å². The van der Waals surface area contributed by atoms with Crippen LogP contribution in [0.3, 0.4) is 0 Å². The van der Waals surface area contributed by atoms with Crippen LogP contribution in [0, 0.1) is 0 Å². The lowest BCUT2D eigenvalue weighted by Crippen LogP contribution is -2.52. The van der Waals surface area contributed by atoms with Crippen molar-refractivity contribution in [2.45, 2.75) is 62.9 Å². The maximum atomic E-state index is 14.0. The second-order valence-electron chi connectivity index (χ2n) is 12.4. The molecule has 0 spiro atoms. The summed E-state index contributed by atoms with van der Waals surface area (Å²) >= 11 is 1.55. The van der Waals surface area contributed by atoms with Crippen LogP contribution in [0.15, 0.2) is 108 Å².